The molecule has 4 atom stereocenters. The lowest BCUT2D eigenvalue weighted by molar-refractivity contribution is -0.137. The number of rotatable bonds is 13. The molecule has 2 fully saturated rings. The van der Waals surface area contributed by atoms with Crippen molar-refractivity contribution in [3.8, 4) is 0 Å². The fraction of sp³-hybridized carbons (Fsp3) is 0.577. The quantitative estimate of drug-likeness (QED) is 0.255. The van der Waals surface area contributed by atoms with E-state index in [4.69, 9.17) is 22.1 Å². The molecule has 2 N–H and O–H groups in total. The third-order valence-corrected chi connectivity index (χ3v) is 7.25. The highest BCUT2D eigenvalue weighted by atomic mass is 32.1. The molecule has 0 spiro atoms. The van der Waals surface area contributed by atoms with Gasteiger partial charge in [-0.1, -0.05) is 54.7 Å². The van der Waals surface area contributed by atoms with Gasteiger partial charge in [0.15, 0.2) is 0 Å². The minimum atomic E-state index is -0.746. The van der Waals surface area contributed by atoms with Gasteiger partial charge in [0.05, 0.1) is 12.2 Å². The standard InChI is InChI=1S/C26H36N2O4S/c1-2-28(26(33)19-10-6-5-7-11-19)17-16-24(29)27-18-21-20(22-14-15-23(21)32-22)12-8-3-4-9-13-25(30)31/h3,5-8,10-11,20-23H,2,4,9,12-18H2,1H3,(H,27,29)(H,30,31)/b8-3-/t20-,21+,22-,23+/m1/s1. The van der Waals surface area contributed by atoms with E-state index >= 15 is 0 Å². The topological polar surface area (TPSA) is 78.9 Å². The van der Waals surface area contributed by atoms with Crippen LogP contribution in [0.3, 0.4) is 0 Å². The van der Waals surface area contributed by atoms with E-state index in [1.165, 1.54) is 0 Å². The number of carbonyl (C=O) groups is 2. The Morgan fingerprint density at radius 3 is 2.58 bits per heavy atom. The molecular weight excluding hydrogens is 436 g/mol. The number of carboxylic acid groups (broad SMARTS) is 1. The first kappa shape index (κ1) is 25.4. The van der Waals surface area contributed by atoms with Crippen LogP contribution in [0.25, 0.3) is 0 Å². The van der Waals surface area contributed by atoms with Crippen LogP contribution < -0.4 is 5.32 Å². The van der Waals surface area contributed by atoms with Crippen LogP contribution in [0.5, 0.6) is 0 Å². The molecule has 0 radical (unpaired) electrons. The number of unbranched alkanes of at least 4 members (excludes halogenated alkanes) is 1. The third-order valence-electron chi connectivity index (χ3n) is 6.76. The van der Waals surface area contributed by atoms with E-state index < -0.39 is 5.97 Å². The fourth-order valence-electron chi connectivity index (χ4n) is 4.95. The zero-order chi connectivity index (χ0) is 23.6. The smallest absolute Gasteiger partial charge is 0.303 e. The number of amides is 1. The van der Waals surface area contributed by atoms with Crippen molar-refractivity contribution in [3.05, 3.63) is 48.0 Å². The van der Waals surface area contributed by atoms with Gasteiger partial charge in [-0.2, -0.15) is 0 Å². The van der Waals surface area contributed by atoms with Crippen LogP contribution in [0, 0.1) is 11.8 Å². The molecular formula is C26H36N2O4S. The molecule has 2 aliphatic heterocycles. The molecule has 2 bridgehead atoms. The Morgan fingerprint density at radius 1 is 1.15 bits per heavy atom. The first-order chi connectivity index (χ1) is 16.0. The van der Waals surface area contributed by atoms with Crippen LogP contribution in [-0.2, 0) is 14.3 Å². The summed E-state index contributed by atoms with van der Waals surface area (Å²) in [5.41, 5.74) is 1.01. The largest absolute Gasteiger partial charge is 0.481 e. The van der Waals surface area contributed by atoms with Crippen LogP contribution in [0.4, 0.5) is 0 Å². The molecule has 2 saturated heterocycles. The molecule has 3 rings (SSSR count). The van der Waals surface area contributed by atoms with Crippen molar-refractivity contribution in [1.82, 2.24) is 10.2 Å². The van der Waals surface area contributed by atoms with Crippen LogP contribution >= 0.6 is 12.2 Å². The van der Waals surface area contributed by atoms with E-state index in [1.807, 2.05) is 30.3 Å². The highest BCUT2D eigenvalue weighted by molar-refractivity contribution is 7.80. The number of nitrogens with one attached hydrogen (secondary N) is 1. The summed E-state index contributed by atoms with van der Waals surface area (Å²) < 4.78 is 6.15. The van der Waals surface area contributed by atoms with Gasteiger partial charge in [0.25, 0.3) is 0 Å². The van der Waals surface area contributed by atoms with E-state index in [-0.39, 0.29) is 24.5 Å². The first-order valence-electron chi connectivity index (χ1n) is 12.1. The lowest BCUT2D eigenvalue weighted by atomic mass is 9.77. The van der Waals surface area contributed by atoms with Gasteiger partial charge < -0.3 is 20.1 Å². The molecule has 7 heteroatoms. The molecule has 0 aliphatic carbocycles. The number of fused-ring (bicyclic) bond motifs is 2. The summed E-state index contributed by atoms with van der Waals surface area (Å²) in [6.45, 7) is 4.07. The summed E-state index contributed by atoms with van der Waals surface area (Å²) in [5, 5.41) is 11.9. The fourth-order valence-corrected chi connectivity index (χ4v) is 5.30. The number of hydrogen-bond acceptors (Lipinski definition) is 4. The monoisotopic (exact) mass is 472 g/mol. The predicted molar refractivity (Wildman–Crippen MR) is 133 cm³/mol. The predicted octanol–water partition coefficient (Wildman–Crippen LogP) is 4.19. The highest BCUT2D eigenvalue weighted by Gasteiger charge is 2.47. The van der Waals surface area contributed by atoms with E-state index in [2.05, 4.69) is 29.3 Å². The van der Waals surface area contributed by atoms with Gasteiger partial charge in [-0.05, 0) is 44.9 Å². The Kier molecular flexibility index (Phi) is 9.88. The molecule has 1 amide bonds. The van der Waals surface area contributed by atoms with Crippen molar-refractivity contribution in [2.75, 3.05) is 19.6 Å². The molecule has 2 aliphatic rings. The number of benzene rings is 1. The normalized spacial score (nSPS) is 23.7. The summed E-state index contributed by atoms with van der Waals surface area (Å²) in [6, 6.07) is 9.92. The number of ether oxygens (including phenoxy) is 1. The average molecular weight is 473 g/mol. The summed E-state index contributed by atoms with van der Waals surface area (Å²) in [4.78, 5) is 26.1. The Balaban J connectivity index is 1.42. The van der Waals surface area contributed by atoms with Crippen molar-refractivity contribution < 1.29 is 19.4 Å². The molecule has 0 unspecified atom stereocenters. The van der Waals surface area contributed by atoms with E-state index in [0.29, 0.717) is 37.8 Å². The summed E-state index contributed by atoms with van der Waals surface area (Å²) in [6.07, 6.45) is 9.91. The van der Waals surface area contributed by atoms with Crippen LogP contribution in [0.15, 0.2) is 42.5 Å². The van der Waals surface area contributed by atoms with Gasteiger partial charge in [0.1, 0.15) is 4.99 Å². The van der Waals surface area contributed by atoms with E-state index in [0.717, 1.165) is 42.8 Å². The molecule has 0 saturated carbocycles. The van der Waals surface area contributed by atoms with E-state index in [9.17, 15) is 9.59 Å². The van der Waals surface area contributed by atoms with Crippen LogP contribution in [0.2, 0.25) is 0 Å². The summed E-state index contributed by atoms with van der Waals surface area (Å²) in [7, 11) is 0. The van der Waals surface area contributed by atoms with Gasteiger partial charge >= 0.3 is 5.97 Å². The molecule has 0 aromatic heterocycles. The molecule has 180 valence electrons. The number of carbonyl (C=O) groups excluding carboxylic acids is 1. The SMILES string of the molecule is CCN(CCC(=O)NC[C@H]1[C@@H](C/C=C\CCCC(=O)O)[C@H]2CC[C@@H]1O2)C(=S)c1ccccc1. The number of hydrogen-bond donors (Lipinski definition) is 2. The number of thiocarbonyl (C=S) groups is 1. The second-order valence-corrected chi connectivity index (χ2v) is 9.30. The minimum Gasteiger partial charge on any atom is -0.481 e. The molecule has 33 heavy (non-hydrogen) atoms. The average Bonchev–Trinajstić information content (AvgIpc) is 3.42. The Hall–Kier alpha value is -2.25. The van der Waals surface area contributed by atoms with Crippen molar-refractivity contribution in [2.45, 2.75) is 64.1 Å². The molecule has 1 aromatic rings. The van der Waals surface area contributed by atoms with Crippen molar-refractivity contribution in [2.24, 2.45) is 11.8 Å². The second-order valence-electron chi connectivity index (χ2n) is 8.92. The Labute approximate surface area is 202 Å². The number of carboxylic acids is 1. The number of nitrogens with zero attached hydrogens (tertiary/aromatic N) is 1. The first-order valence-corrected chi connectivity index (χ1v) is 12.5. The number of aliphatic carboxylic acids is 1. The third kappa shape index (κ3) is 7.37. The van der Waals surface area contributed by atoms with Gasteiger partial charge in [-0.3, -0.25) is 9.59 Å². The minimum absolute atomic E-state index is 0.0510. The van der Waals surface area contributed by atoms with Crippen LogP contribution in [-0.4, -0.2) is 58.7 Å². The maximum Gasteiger partial charge on any atom is 0.303 e. The second kappa shape index (κ2) is 12.8. The number of allylic oxidation sites excluding steroid dienone is 2. The van der Waals surface area contributed by atoms with Gasteiger partial charge in [0, 0.05) is 44.0 Å². The summed E-state index contributed by atoms with van der Waals surface area (Å²) >= 11 is 5.62. The molecule has 1 aromatic carbocycles. The highest BCUT2D eigenvalue weighted by Crippen LogP contribution is 2.44. The summed E-state index contributed by atoms with van der Waals surface area (Å²) in [5.74, 6) is 0.0568. The van der Waals surface area contributed by atoms with Crippen molar-refractivity contribution in [1.29, 1.82) is 0 Å². The van der Waals surface area contributed by atoms with E-state index in [1.54, 1.807) is 0 Å². The maximum atomic E-state index is 12.6. The van der Waals surface area contributed by atoms with Crippen molar-refractivity contribution in [3.63, 3.8) is 0 Å². The lowest BCUT2D eigenvalue weighted by Crippen LogP contribution is -2.39. The van der Waals surface area contributed by atoms with Gasteiger partial charge in [-0.25, -0.2) is 0 Å². The van der Waals surface area contributed by atoms with Gasteiger partial charge in [-0.15, -0.1) is 0 Å². The van der Waals surface area contributed by atoms with Gasteiger partial charge in [0.2, 0.25) is 5.91 Å². The van der Waals surface area contributed by atoms with Crippen molar-refractivity contribution >= 4 is 29.1 Å². The van der Waals surface area contributed by atoms with Crippen LogP contribution in [0.1, 0.15) is 57.4 Å². The lowest BCUT2D eigenvalue weighted by Gasteiger charge is -2.28. The zero-order valence-corrected chi connectivity index (χ0v) is 20.3. The molecule has 6 nitrogen and oxygen atoms in total. The Bertz CT molecular complexity index is 829. The molecule has 2 heterocycles. The Morgan fingerprint density at radius 2 is 1.88 bits per heavy atom. The zero-order valence-electron chi connectivity index (χ0n) is 19.4. The maximum absolute atomic E-state index is 12.6.